The van der Waals surface area contributed by atoms with E-state index >= 15 is 0 Å². The third-order valence-corrected chi connectivity index (χ3v) is 3.58. The summed E-state index contributed by atoms with van der Waals surface area (Å²) in [6.07, 6.45) is -3.59. The standard InChI is InChI=1S/C18H19F3N4O2/c1-2-9-23-15-8-7-13(10-14(15)16(22)26)25-17(27)24-12-5-3-11(4-6-12)18(19,20)21/h3-8,10,23H,2,9H2,1H3,(H2,22,26)(H2,24,25,27). The van der Waals surface area contributed by atoms with Crippen LogP contribution in [0.15, 0.2) is 42.5 Å². The van der Waals surface area contributed by atoms with Crippen LogP contribution in [-0.2, 0) is 6.18 Å². The van der Waals surface area contributed by atoms with Gasteiger partial charge in [0.25, 0.3) is 5.91 Å². The molecule has 2 aromatic rings. The Bertz CT molecular complexity index is 820. The first-order valence-electron chi connectivity index (χ1n) is 8.13. The van der Waals surface area contributed by atoms with Gasteiger partial charge in [-0.15, -0.1) is 0 Å². The number of amides is 3. The summed E-state index contributed by atoms with van der Waals surface area (Å²) in [5, 5.41) is 7.98. The maximum absolute atomic E-state index is 12.5. The molecule has 27 heavy (non-hydrogen) atoms. The number of primary amides is 1. The highest BCUT2D eigenvalue weighted by Gasteiger charge is 2.29. The molecule has 0 unspecified atom stereocenters. The van der Waals surface area contributed by atoms with Crippen LogP contribution >= 0.6 is 0 Å². The fraction of sp³-hybridized carbons (Fsp3) is 0.222. The SMILES string of the molecule is CCCNc1ccc(NC(=O)Nc2ccc(C(F)(F)F)cc2)cc1C(N)=O. The monoisotopic (exact) mass is 380 g/mol. The van der Waals surface area contributed by atoms with E-state index in [4.69, 9.17) is 5.73 Å². The zero-order valence-electron chi connectivity index (χ0n) is 14.5. The first-order valence-corrected chi connectivity index (χ1v) is 8.13. The lowest BCUT2D eigenvalue weighted by Crippen LogP contribution is -2.21. The Kier molecular flexibility index (Phi) is 6.27. The Morgan fingerprint density at radius 1 is 1.00 bits per heavy atom. The van der Waals surface area contributed by atoms with Crippen LogP contribution in [0.3, 0.4) is 0 Å². The molecule has 0 bridgehead atoms. The second kappa shape index (κ2) is 8.43. The van der Waals surface area contributed by atoms with Gasteiger partial charge in [0.05, 0.1) is 11.1 Å². The molecule has 0 saturated carbocycles. The van der Waals surface area contributed by atoms with E-state index in [-0.39, 0.29) is 11.3 Å². The second-order valence-corrected chi connectivity index (χ2v) is 5.71. The van der Waals surface area contributed by atoms with Gasteiger partial charge in [0.15, 0.2) is 0 Å². The molecule has 0 aromatic heterocycles. The largest absolute Gasteiger partial charge is 0.416 e. The molecule has 0 atom stereocenters. The molecule has 0 aliphatic rings. The minimum absolute atomic E-state index is 0.192. The van der Waals surface area contributed by atoms with Crippen LogP contribution in [-0.4, -0.2) is 18.5 Å². The maximum atomic E-state index is 12.5. The molecule has 0 fully saturated rings. The van der Waals surface area contributed by atoms with E-state index in [1.807, 2.05) is 6.92 Å². The van der Waals surface area contributed by atoms with E-state index in [1.54, 1.807) is 12.1 Å². The van der Waals surface area contributed by atoms with Crippen LogP contribution in [0.4, 0.5) is 35.0 Å². The molecule has 6 nitrogen and oxygen atoms in total. The lowest BCUT2D eigenvalue weighted by molar-refractivity contribution is -0.137. The molecule has 0 heterocycles. The Morgan fingerprint density at radius 3 is 2.15 bits per heavy atom. The number of nitrogens with two attached hydrogens (primary N) is 1. The quantitative estimate of drug-likeness (QED) is 0.603. The highest BCUT2D eigenvalue weighted by molar-refractivity contribution is 6.03. The van der Waals surface area contributed by atoms with Gasteiger partial charge in [-0.25, -0.2) is 4.79 Å². The van der Waals surface area contributed by atoms with Crippen LogP contribution in [0, 0.1) is 0 Å². The van der Waals surface area contributed by atoms with Crippen LogP contribution in [0.2, 0.25) is 0 Å². The average Bonchev–Trinajstić information content (AvgIpc) is 2.60. The van der Waals surface area contributed by atoms with Crippen LogP contribution in [0.25, 0.3) is 0 Å². The van der Waals surface area contributed by atoms with E-state index < -0.39 is 23.7 Å². The summed E-state index contributed by atoms with van der Waals surface area (Å²) in [4.78, 5) is 23.6. The summed E-state index contributed by atoms with van der Waals surface area (Å²) in [6.45, 7) is 2.62. The van der Waals surface area contributed by atoms with Crippen molar-refractivity contribution >= 4 is 29.0 Å². The summed E-state index contributed by atoms with van der Waals surface area (Å²) >= 11 is 0. The van der Waals surface area contributed by atoms with Crippen LogP contribution in [0.1, 0.15) is 29.3 Å². The molecule has 0 saturated heterocycles. The van der Waals surface area contributed by atoms with Gasteiger partial charge in [-0.3, -0.25) is 4.79 Å². The first kappa shape index (κ1) is 20.1. The van der Waals surface area contributed by atoms with Gasteiger partial charge in [-0.1, -0.05) is 6.92 Å². The molecule has 2 rings (SSSR count). The molecule has 3 amide bonds. The number of anilines is 3. The number of benzene rings is 2. The second-order valence-electron chi connectivity index (χ2n) is 5.71. The molecule has 0 radical (unpaired) electrons. The van der Waals surface area contributed by atoms with Gasteiger partial charge < -0.3 is 21.7 Å². The molecule has 2 aromatic carbocycles. The number of hydrogen-bond donors (Lipinski definition) is 4. The van der Waals surface area contributed by atoms with Crippen LogP contribution in [0.5, 0.6) is 0 Å². The molecule has 0 aliphatic carbocycles. The van der Waals surface area contributed by atoms with E-state index in [0.717, 1.165) is 30.7 Å². The Labute approximate surface area is 153 Å². The van der Waals surface area contributed by atoms with E-state index in [0.29, 0.717) is 17.9 Å². The van der Waals surface area contributed by atoms with Crippen molar-refractivity contribution in [3.8, 4) is 0 Å². The van der Waals surface area contributed by atoms with E-state index in [9.17, 15) is 22.8 Å². The summed E-state index contributed by atoms with van der Waals surface area (Å²) in [7, 11) is 0. The molecule has 0 aliphatic heterocycles. The molecule has 9 heteroatoms. The number of carbonyl (C=O) groups excluding carboxylic acids is 2. The molecular weight excluding hydrogens is 361 g/mol. The third kappa shape index (κ3) is 5.63. The Morgan fingerprint density at radius 2 is 1.59 bits per heavy atom. The summed E-state index contributed by atoms with van der Waals surface area (Å²) in [5.41, 5.74) is 5.83. The van der Waals surface area contributed by atoms with E-state index in [2.05, 4.69) is 16.0 Å². The highest BCUT2D eigenvalue weighted by Crippen LogP contribution is 2.29. The van der Waals surface area contributed by atoms with Gasteiger partial charge in [0.1, 0.15) is 0 Å². The van der Waals surface area contributed by atoms with Crippen molar-refractivity contribution in [3.05, 3.63) is 53.6 Å². The third-order valence-electron chi connectivity index (χ3n) is 3.58. The zero-order valence-corrected chi connectivity index (χ0v) is 14.5. The van der Waals surface area contributed by atoms with Crippen molar-refractivity contribution in [3.63, 3.8) is 0 Å². The zero-order chi connectivity index (χ0) is 20.0. The number of carbonyl (C=O) groups is 2. The molecule has 144 valence electrons. The number of urea groups is 1. The van der Waals surface area contributed by atoms with Crippen LogP contribution < -0.4 is 21.7 Å². The molecule has 0 spiro atoms. The minimum atomic E-state index is -4.44. The van der Waals surface area contributed by atoms with Crippen molar-refractivity contribution in [2.75, 3.05) is 22.5 Å². The van der Waals surface area contributed by atoms with Gasteiger partial charge in [-0.2, -0.15) is 13.2 Å². The number of nitrogens with one attached hydrogen (secondary N) is 3. The maximum Gasteiger partial charge on any atom is 0.416 e. The summed E-state index contributed by atoms with van der Waals surface area (Å²) in [6, 6.07) is 7.99. The summed E-state index contributed by atoms with van der Waals surface area (Å²) < 4.78 is 37.6. The van der Waals surface area contributed by atoms with Crippen molar-refractivity contribution in [1.29, 1.82) is 0 Å². The van der Waals surface area contributed by atoms with Crippen molar-refractivity contribution in [1.82, 2.24) is 0 Å². The number of alkyl halides is 3. The predicted octanol–water partition coefficient (Wildman–Crippen LogP) is 4.27. The van der Waals surface area contributed by atoms with Gasteiger partial charge in [0.2, 0.25) is 0 Å². The molecular formula is C18H19F3N4O2. The van der Waals surface area contributed by atoms with Gasteiger partial charge in [-0.05, 0) is 48.9 Å². The Hall–Kier alpha value is -3.23. The van der Waals surface area contributed by atoms with Gasteiger partial charge >= 0.3 is 12.2 Å². The lowest BCUT2D eigenvalue weighted by Gasteiger charge is -2.13. The lowest BCUT2D eigenvalue weighted by atomic mass is 10.1. The first-order chi connectivity index (χ1) is 12.7. The number of halogens is 3. The minimum Gasteiger partial charge on any atom is -0.384 e. The topological polar surface area (TPSA) is 96.2 Å². The Balaban J connectivity index is 2.06. The smallest absolute Gasteiger partial charge is 0.384 e. The highest BCUT2D eigenvalue weighted by atomic mass is 19.4. The fourth-order valence-corrected chi connectivity index (χ4v) is 2.28. The molecule has 5 N–H and O–H groups in total. The predicted molar refractivity (Wildman–Crippen MR) is 97.8 cm³/mol. The summed E-state index contributed by atoms with van der Waals surface area (Å²) in [5.74, 6) is -0.652. The van der Waals surface area contributed by atoms with Gasteiger partial charge in [0, 0.05) is 23.6 Å². The average molecular weight is 380 g/mol. The van der Waals surface area contributed by atoms with E-state index in [1.165, 1.54) is 6.07 Å². The number of hydrogen-bond acceptors (Lipinski definition) is 3. The fourth-order valence-electron chi connectivity index (χ4n) is 2.28. The van der Waals surface area contributed by atoms with Crippen molar-refractivity contribution in [2.24, 2.45) is 5.73 Å². The van der Waals surface area contributed by atoms with Crippen molar-refractivity contribution in [2.45, 2.75) is 19.5 Å². The van der Waals surface area contributed by atoms with Crippen molar-refractivity contribution < 1.29 is 22.8 Å². The number of rotatable bonds is 6. The normalized spacial score (nSPS) is 11.0.